The molecule has 0 unspecified atom stereocenters. The maximum absolute atomic E-state index is 14.8. The minimum atomic E-state index is -3.50. The number of hydrogen-bond donors (Lipinski definition) is 3. The molecule has 0 bridgehead atoms. The summed E-state index contributed by atoms with van der Waals surface area (Å²) in [5, 5.41) is 14.3. The highest BCUT2D eigenvalue weighted by molar-refractivity contribution is 6.32. The number of nitrogen functional groups attached to an aromatic ring is 1. The molecule has 2 aromatic carbocycles. The van der Waals surface area contributed by atoms with E-state index in [0.717, 1.165) is 13.8 Å². The summed E-state index contributed by atoms with van der Waals surface area (Å²) < 4.78 is 40.7. The topological polar surface area (TPSA) is 103 Å². The Morgan fingerprint density at radius 1 is 1.14 bits per heavy atom. The van der Waals surface area contributed by atoms with Crippen LogP contribution < -0.4 is 15.8 Å². The zero-order valence-electron chi connectivity index (χ0n) is 20.5. The summed E-state index contributed by atoms with van der Waals surface area (Å²) in [4.78, 5) is 8.97. The fraction of sp³-hybridized carbons (Fsp3) is 0.440. The van der Waals surface area contributed by atoms with Crippen molar-refractivity contribution in [2.45, 2.75) is 52.2 Å². The van der Waals surface area contributed by atoms with Gasteiger partial charge in [0, 0.05) is 23.2 Å². The number of hydrogen-bond acceptors (Lipinski definition) is 7. The van der Waals surface area contributed by atoms with Crippen LogP contribution >= 0.6 is 11.6 Å². The highest BCUT2D eigenvalue weighted by atomic mass is 35.5. The summed E-state index contributed by atoms with van der Waals surface area (Å²) >= 11 is 6.38. The van der Waals surface area contributed by atoms with Crippen molar-refractivity contribution in [3.05, 3.63) is 52.3 Å². The third-order valence-corrected chi connectivity index (χ3v) is 5.81. The Morgan fingerprint density at radius 3 is 2.51 bits per heavy atom. The van der Waals surface area contributed by atoms with E-state index in [4.69, 9.17) is 26.8 Å². The maximum Gasteiger partial charge on any atom is 0.300 e. The molecule has 1 atom stereocenters. The lowest BCUT2D eigenvalue weighted by atomic mass is 9.91. The summed E-state index contributed by atoms with van der Waals surface area (Å²) in [5.41, 5.74) is 4.60. The molecule has 4 N–H and O–H groups in total. The number of alkyl halides is 2. The van der Waals surface area contributed by atoms with Crippen molar-refractivity contribution in [1.82, 2.24) is 9.97 Å². The van der Waals surface area contributed by atoms with Crippen molar-refractivity contribution in [2.75, 3.05) is 30.9 Å². The molecule has 0 saturated carbocycles. The number of benzene rings is 2. The second kappa shape index (κ2) is 10.5. The summed E-state index contributed by atoms with van der Waals surface area (Å²) in [5.74, 6) is -2.04. The predicted octanol–water partition coefficient (Wildman–Crippen LogP) is 5.62. The number of aryl methyl sites for hydroxylation is 1. The van der Waals surface area contributed by atoms with Gasteiger partial charge in [0.2, 0.25) is 0 Å². The van der Waals surface area contributed by atoms with Gasteiger partial charge >= 0.3 is 5.92 Å². The van der Waals surface area contributed by atoms with Crippen LogP contribution in [0.25, 0.3) is 10.9 Å². The van der Waals surface area contributed by atoms with E-state index in [9.17, 15) is 13.9 Å². The fourth-order valence-electron chi connectivity index (χ4n) is 3.57. The molecule has 1 aromatic heterocycles. The Hall–Kier alpha value is -2.75. The van der Waals surface area contributed by atoms with Crippen LogP contribution in [-0.4, -0.2) is 40.5 Å². The normalized spacial score (nSPS) is 13.2. The molecule has 0 amide bonds. The van der Waals surface area contributed by atoms with E-state index in [0.29, 0.717) is 58.7 Å². The van der Waals surface area contributed by atoms with Gasteiger partial charge in [-0.2, -0.15) is 8.78 Å². The highest BCUT2D eigenvalue weighted by Gasteiger charge is 2.47. The van der Waals surface area contributed by atoms with Crippen molar-refractivity contribution in [2.24, 2.45) is 0 Å². The number of nitrogens with zero attached hydrogens (tertiary/aromatic N) is 2. The molecule has 0 fully saturated rings. The number of fused-ring (bicyclic) bond motifs is 1. The lowest BCUT2D eigenvalue weighted by molar-refractivity contribution is -0.168. The molecule has 0 aliphatic heterocycles. The Bertz CT molecular complexity index is 1200. The van der Waals surface area contributed by atoms with Gasteiger partial charge in [-0.3, -0.25) is 0 Å². The van der Waals surface area contributed by atoms with E-state index in [1.165, 1.54) is 12.1 Å². The third kappa shape index (κ3) is 6.09. The van der Waals surface area contributed by atoms with Gasteiger partial charge < -0.3 is 25.6 Å². The monoisotopic (exact) mass is 508 g/mol. The Labute approximate surface area is 208 Å². The molecule has 3 aromatic rings. The van der Waals surface area contributed by atoms with Gasteiger partial charge in [0.05, 0.1) is 23.2 Å². The molecule has 0 saturated heterocycles. The average molecular weight is 509 g/mol. The first-order chi connectivity index (χ1) is 16.3. The van der Waals surface area contributed by atoms with Gasteiger partial charge in [-0.15, -0.1) is 0 Å². The molecular formula is C25H31ClF2N4O3. The summed E-state index contributed by atoms with van der Waals surface area (Å²) in [6.45, 7) is 8.91. The Morgan fingerprint density at radius 2 is 1.86 bits per heavy atom. The first-order valence-electron chi connectivity index (χ1n) is 11.3. The highest BCUT2D eigenvalue weighted by Crippen LogP contribution is 2.41. The van der Waals surface area contributed by atoms with Crippen LogP contribution in [0.4, 0.5) is 20.3 Å². The standard InChI is InChI=1S/C25H31ClF2N4O3/c1-6-34-7-8-35-22-12-19-21(13-20(22)26)31-15(3)32-23(19)30-14(2)16-9-17(11-18(29)10-16)25(27,28)24(4,5)33/h9-14,33H,6-8,29H2,1-5H3,(H,30,31,32)/t14-/m1/s1. The minimum absolute atomic E-state index is 0.163. The molecule has 0 aliphatic rings. The second-order valence-electron chi connectivity index (χ2n) is 8.85. The summed E-state index contributed by atoms with van der Waals surface area (Å²) in [6, 6.07) is 7.10. The maximum atomic E-state index is 14.8. The second-order valence-corrected chi connectivity index (χ2v) is 9.26. The van der Waals surface area contributed by atoms with E-state index < -0.39 is 17.6 Å². The number of rotatable bonds is 10. The predicted molar refractivity (Wildman–Crippen MR) is 134 cm³/mol. The average Bonchev–Trinajstić information content (AvgIpc) is 2.75. The van der Waals surface area contributed by atoms with E-state index >= 15 is 0 Å². The smallest absolute Gasteiger partial charge is 0.300 e. The molecule has 35 heavy (non-hydrogen) atoms. The first-order valence-corrected chi connectivity index (χ1v) is 11.7. The minimum Gasteiger partial charge on any atom is -0.490 e. The molecule has 7 nitrogen and oxygen atoms in total. The SMILES string of the molecule is CCOCCOc1cc2c(N[C@H](C)c3cc(N)cc(C(F)(F)C(C)(C)O)c3)nc(C)nc2cc1Cl. The van der Waals surface area contributed by atoms with Crippen LogP contribution in [0.15, 0.2) is 30.3 Å². The molecular weight excluding hydrogens is 478 g/mol. The zero-order valence-corrected chi connectivity index (χ0v) is 21.2. The number of aromatic nitrogens is 2. The zero-order chi connectivity index (χ0) is 26.0. The number of ether oxygens (including phenoxy) is 2. The van der Waals surface area contributed by atoms with Gasteiger partial charge in [0.1, 0.15) is 29.6 Å². The molecule has 1 heterocycles. The van der Waals surface area contributed by atoms with Crippen LogP contribution in [0.1, 0.15) is 50.7 Å². The third-order valence-electron chi connectivity index (χ3n) is 5.51. The summed E-state index contributed by atoms with van der Waals surface area (Å²) in [6.07, 6.45) is 0. The van der Waals surface area contributed by atoms with E-state index in [-0.39, 0.29) is 11.3 Å². The summed E-state index contributed by atoms with van der Waals surface area (Å²) in [7, 11) is 0. The van der Waals surface area contributed by atoms with Gasteiger partial charge in [-0.25, -0.2) is 9.97 Å². The number of aliphatic hydroxyl groups is 1. The molecule has 10 heteroatoms. The number of anilines is 2. The van der Waals surface area contributed by atoms with Crippen LogP contribution in [0, 0.1) is 6.92 Å². The Kier molecular flexibility index (Phi) is 8.03. The van der Waals surface area contributed by atoms with Crippen LogP contribution in [0.2, 0.25) is 5.02 Å². The molecule has 0 spiro atoms. The number of nitrogens with two attached hydrogens (primary N) is 1. The molecule has 0 aliphatic carbocycles. The van der Waals surface area contributed by atoms with Gasteiger partial charge in [-0.05, 0) is 70.5 Å². The van der Waals surface area contributed by atoms with Crippen LogP contribution in [0.3, 0.4) is 0 Å². The fourth-order valence-corrected chi connectivity index (χ4v) is 3.78. The van der Waals surface area contributed by atoms with Gasteiger partial charge in [0.25, 0.3) is 0 Å². The quantitative estimate of drug-likeness (QED) is 0.241. The van der Waals surface area contributed by atoms with Gasteiger partial charge in [-0.1, -0.05) is 11.6 Å². The lowest BCUT2D eigenvalue weighted by Crippen LogP contribution is -2.40. The van der Waals surface area contributed by atoms with E-state index in [1.807, 2.05) is 6.92 Å². The van der Waals surface area contributed by atoms with Gasteiger partial charge in [0.15, 0.2) is 0 Å². The molecule has 190 valence electrons. The molecule has 0 radical (unpaired) electrons. The van der Waals surface area contributed by atoms with Crippen molar-refractivity contribution in [1.29, 1.82) is 0 Å². The van der Waals surface area contributed by atoms with E-state index in [2.05, 4.69) is 15.3 Å². The van der Waals surface area contributed by atoms with Crippen molar-refractivity contribution in [3.8, 4) is 5.75 Å². The lowest BCUT2D eigenvalue weighted by Gasteiger charge is -2.30. The van der Waals surface area contributed by atoms with Crippen molar-refractivity contribution >= 4 is 34.0 Å². The van der Waals surface area contributed by atoms with Crippen LogP contribution in [0.5, 0.6) is 5.75 Å². The van der Waals surface area contributed by atoms with Crippen LogP contribution in [-0.2, 0) is 10.7 Å². The molecule has 3 rings (SSSR count). The van der Waals surface area contributed by atoms with Crippen molar-refractivity contribution in [3.63, 3.8) is 0 Å². The van der Waals surface area contributed by atoms with Crippen molar-refractivity contribution < 1.29 is 23.4 Å². The number of nitrogens with one attached hydrogen (secondary N) is 1. The number of halogens is 3. The van der Waals surface area contributed by atoms with E-state index in [1.54, 1.807) is 32.0 Å². The first kappa shape index (κ1) is 26.8. The largest absolute Gasteiger partial charge is 0.490 e. The Balaban J connectivity index is 1.97.